The summed E-state index contributed by atoms with van der Waals surface area (Å²) in [7, 11) is 0. The fourth-order valence-corrected chi connectivity index (χ4v) is 1.41. The molecule has 0 saturated carbocycles. The van der Waals surface area contributed by atoms with Crippen LogP contribution in [0.15, 0.2) is 6.20 Å². The Balaban J connectivity index is 1.95. The maximum Gasteiger partial charge on any atom is 0.220 e. The van der Waals surface area contributed by atoms with Crippen LogP contribution >= 0.6 is 0 Å². The Morgan fingerprint density at radius 2 is 2.62 bits per heavy atom. The van der Waals surface area contributed by atoms with Crippen LogP contribution in [0.1, 0.15) is 12.8 Å². The van der Waals surface area contributed by atoms with E-state index in [4.69, 9.17) is 5.73 Å². The largest absolute Gasteiger partial charge is 0.381 e. The van der Waals surface area contributed by atoms with Crippen LogP contribution in [-0.2, 0) is 11.3 Å². The molecule has 6 heteroatoms. The normalized spacial score (nSPS) is 21.8. The smallest absolute Gasteiger partial charge is 0.220 e. The molecule has 13 heavy (non-hydrogen) atoms. The van der Waals surface area contributed by atoms with Crippen molar-refractivity contribution in [1.29, 1.82) is 0 Å². The van der Waals surface area contributed by atoms with E-state index in [1.807, 2.05) is 0 Å². The Hall–Kier alpha value is -1.59. The van der Waals surface area contributed by atoms with Crippen LogP contribution < -0.4 is 11.1 Å². The summed E-state index contributed by atoms with van der Waals surface area (Å²) in [5.41, 5.74) is 5.40. The van der Waals surface area contributed by atoms with Crippen molar-refractivity contribution in [2.75, 3.05) is 5.73 Å². The van der Waals surface area contributed by atoms with Gasteiger partial charge in [0.1, 0.15) is 0 Å². The quantitative estimate of drug-likeness (QED) is 0.621. The highest BCUT2D eigenvalue weighted by Crippen LogP contribution is 2.07. The fourth-order valence-electron chi connectivity index (χ4n) is 1.41. The zero-order chi connectivity index (χ0) is 9.26. The fraction of sp³-hybridized carbons (Fsp3) is 0.571. The van der Waals surface area contributed by atoms with E-state index in [1.165, 1.54) is 11.0 Å². The maximum absolute atomic E-state index is 10.9. The molecule has 1 fully saturated rings. The lowest BCUT2D eigenvalue weighted by molar-refractivity contribution is -0.119. The van der Waals surface area contributed by atoms with Crippen LogP contribution in [0.4, 0.5) is 5.82 Å². The molecule has 2 rings (SSSR count). The molecular weight excluding hydrogens is 170 g/mol. The third-order valence-corrected chi connectivity index (χ3v) is 2.02. The third kappa shape index (κ3) is 1.77. The number of amides is 1. The lowest BCUT2D eigenvalue weighted by Crippen LogP contribution is -2.30. The number of hydrogen-bond donors (Lipinski definition) is 2. The van der Waals surface area contributed by atoms with Gasteiger partial charge in [0.2, 0.25) is 5.91 Å². The highest BCUT2D eigenvalue weighted by Gasteiger charge is 2.21. The van der Waals surface area contributed by atoms with Gasteiger partial charge in [-0.15, -0.1) is 5.10 Å². The monoisotopic (exact) mass is 181 g/mol. The molecule has 6 nitrogen and oxygen atoms in total. The average molecular weight is 181 g/mol. The van der Waals surface area contributed by atoms with E-state index in [2.05, 4.69) is 15.5 Å². The summed E-state index contributed by atoms with van der Waals surface area (Å²) in [5, 5.41) is 10.7. The topological polar surface area (TPSA) is 85.8 Å². The molecule has 1 saturated heterocycles. The van der Waals surface area contributed by atoms with E-state index in [0.29, 0.717) is 18.8 Å². The van der Waals surface area contributed by atoms with Crippen molar-refractivity contribution >= 4 is 11.7 Å². The number of nitrogens with two attached hydrogens (primary N) is 1. The van der Waals surface area contributed by atoms with E-state index in [-0.39, 0.29) is 11.9 Å². The molecule has 0 radical (unpaired) electrons. The second kappa shape index (κ2) is 3.04. The summed E-state index contributed by atoms with van der Waals surface area (Å²) in [6.45, 7) is 0.600. The molecule has 1 aromatic rings. The maximum atomic E-state index is 10.9. The molecule has 0 aliphatic carbocycles. The zero-order valence-corrected chi connectivity index (χ0v) is 7.10. The highest BCUT2D eigenvalue weighted by atomic mass is 16.1. The number of anilines is 1. The van der Waals surface area contributed by atoms with Gasteiger partial charge in [0, 0.05) is 6.42 Å². The van der Waals surface area contributed by atoms with Crippen LogP contribution in [0, 0.1) is 0 Å². The van der Waals surface area contributed by atoms with Gasteiger partial charge < -0.3 is 11.1 Å². The van der Waals surface area contributed by atoms with Crippen LogP contribution in [0.2, 0.25) is 0 Å². The van der Waals surface area contributed by atoms with E-state index < -0.39 is 0 Å². The molecule has 2 heterocycles. The summed E-state index contributed by atoms with van der Waals surface area (Å²) < 4.78 is 0. The number of nitrogen functional groups attached to an aromatic ring is 1. The molecule has 70 valence electrons. The molecule has 1 atom stereocenters. The van der Waals surface area contributed by atoms with Gasteiger partial charge in [-0.2, -0.15) is 9.90 Å². The number of aromatic nitrogens is 3. The van der Waals surface area contributed by atoms with Crippen molar-refractivity contribution in [2.45, 2.75) is 25.4 Å². The molecule has 0 bridgehead atoms. The van der Waals surface area contributed by atoms with Crippen molar-refractivity contribution in [3.8, 4) is 0 Å². The first kappa shape index (κ1) is 8.03. The molecule has 1 aromatic heterocycles. The lowest BCUT2D eigenvalue weighted by Gasteiger charge is -2.07. The van der Waals surface area contributed by atoms with E-state index in [0.717, 1.165) is 6.42 Å². The summed E-state index contributed by atoms with van der Waals surface area (Å²) >= 11 is 0. The van der Waals surface area contributed by atoms with Gasteiger partial charge in [-0.3, -0.25) is 4.79 Å². The summed E-state index contributed by atoms with van der Waals surface area (Å²) in [6.07, 6.45) is 2.94. The molecule has 1 unspecified atom stereocenters. The number of hydrogen-bond acceptors (Lipinski definition) is 4. The highest BCUT2D eigenvalue weighted by molar-refractivity contribution is 5.78. The van der Waals surface area contributed by atoms with E-state index >= 15 is 0 Å². The van der Waals surface area contributed by atoms with Gasteiger partial charge in [0.05, 0.1) is 18.8 Å². The number of nitrogens with zero attached hydrogens (tertiary/aromatic N) is 3. The number of carbonyl (C=O) groups is 1. The minimum absolute atomic E-state index is 0.102. The molecular formula is C7H11N5O. The van der Waals surface area contributed by atoms with Gasteiger partial charge in [-0.05, 0) is 6.42 Å². The van der Waals surface area contributed by atoms with Crippen molar-refractivity contribution < 1.29 is 4.79 Å². The van der Waals surface area contributed by atoms with Gasteiger partial charge in [-0.25, -0.2) is 0 Å². The number of carbonyl (C=O) groups excluding carboxylic acids is 1. The summed E-state index contributed by atoms with van der Waals surface area (Å²) in [6, 6.07) is 0.152. The van der Waals surface area contributed by atoms with Crippen molar-refractivity contribution in [3.63, 3.8) is 0 Å². The van der Waals surface area contributed by atoms with E-state index in [1.54, 1.807) is 0 Å². The molecule has 1 aliphatic heterocycles. The van der Waals surface area contributed by atoms with Crippen LogP contribution in [0.5, 0.6) is 0 Å². The van der Waals surface area contributed by atoms with Gasteiger partial charge in [0.15, 0.2) is 5.82 Å². The predicted octanol–water partition coefficient (Wildman–Crippen LogP) is -0.861. The van der Waals surface area contributed by atoms with Gasteiger partial charge in [0.25, 0.3) is 0 Å². The van der Waals surface area contributed by atoms with E-state index in [9.17, 15) is 4.79 Å². The average Bonchev–Trinajstić information content (AvgIpc) is 2.62. The Morgan fingerprint density at radius 3 is 3.15 bits per heavy atom. The molecule has 0 spiro atoms. The lowest BCUT2D eigenvalue weighted by atomic mass is 10.2. The minimum Gasteiger partial charge on any atom is -0.381 e. The third-order valence-electron chi connectivity index (χ3n) is 2.02. The first-order valence-electron chi connectivity index (χ1n) is 4.19. The predicted molar refractivity (Wildman–Crippen MR) is 45.6 cm³/mol. The van der Waals surface area contributed by atoms with Crippen molar-refractivity contribution in [2.24, 2.45) is 0 Å². The summed E-state index contributed by atoms with van der Waals surface area (Å²) in [5.74, 6) is 0.509. The Morgan fingerprint density at radius 1 is 1.77 bits per heavy atom. The number of rotatable bonds is 2. The van der Waals surface area contributed by atoms with Crippen LogP contribution in [0.3, 0.4) is 0 Å². The van der Waals surface area contributed by atoms with Gasteiger partial charge in [-0.1, -0.05) is 0 Å². The van der Waals surface area contributed by atoms with Gasteiger partial charge >= 0.3 is 0 Å². The minimum atomic E-state index is 0.102. The van der Waals surface area contributed by atoms with Crippen molar-refractivity contribution in [1.82, 2.24) is 20.3 Å². The molecule has 1 amide bonds. The standard InChI is InChI=1S/C7H11N5O/c8-6-3-9-12(11-6)4-5-1-2-7(13)10-5/h3,5H,1-2,4H2,(H2,8,11)(H,10,13). The second-order valence-electron chi connectivity index (χ2n) is 3.13. The summed E-state index contributed by atoms with van der Waals surface area (Å²) in [4.78, 5) is 12.4. The van der Waals surface area contributed by atoms with Crippen molar-refractivity contribution in [3.05, 3.63) is 6.20 Å². The zero-order valence-electron chi connectivity index (χ0n) is 7.10. The Labute approximate surface area is 75.1 Å². The molecule has 3 N–H and O–H groups in total. The Kier molecular flexibility index (Phi) is 1.88. The molecule has 1 aliphatic rings. The molecule has 0 aromatic carbocycles. The first-order chi connectivity index (χ1) is 6.24. The number of nitrogens with one attached hydrogen (secondary N) is 1. The van der Waals surface area contributed by atoms with Crippen LogP contribution in [-0.4, -0.2) is 26.9 Å². The van der Waals surface area contributed by atoms with Crippen LogP contribution in [0.25, 0.3) is 0 Å². The second-order valence-corrected chi connectivity index (χ2v) is 3.13. The Bertz CT molecular complexity index is 320. The first-order valence-corrected chi connectivity index (χ1v) is 4.19. The SMILES string of the molecule is Nc1cnn(CC2CCC(=O)N2)n1.